The number of esters is 1. The highest BCUT2D eigenvalue weighted by molar-refractivity contribution is 7.11. The number of amidine groups is 1. The van der Waals surface area contributed by atoms with Crippen molar-refractivity contribution < 1.29 is 24.5 Å². The molecule has 2 aromatic carbocycles. The minimum absolute atomic E-state index is 0.0652. The van der Waals surface area contributed by atoms with Crippen LogP contribution in [0, 0.1) is 0 Å². The lowest BCUT2D eigenvalue weighted by molar-refractivity contribution is -0.137. The molecular formula is C31H33ClN6O5S. The number of aryl methyl sites for hydroxylation is 1. The maximum absolute atomic E-state index is 13.3. The van der Waals surface area contributed by atoms with E-state index in [1.165, 1.54) is 18.4 Å². The van der Waals surface area contributed by atoms with Crippen LogP contribution in [-0.4, -0.2) is 95.0 Å². The van der Waals surface area contributed by atoms with Crippen LogP contribution < -0.4 is 10.2 Å². The lowest BCUT2D eigenvalue weighted by Crippen LogP contribution is -2.54. The van der Waals surface area contributed by atoms with E-state index in [1.54, 1.807) is 18.3 Å². The van der Waals surface area contributed by atoms with Gasteiger partial charge in [0.15, 0.2) is 17.2 Å². The van der Waals surface area contributed by atoms with E-state index in [9.17, 15) is 14.7 Å². The van der Waals surface area contributed by atoms with Crippen molar-refractivity contribution >= 4 is 46.4 Å². The molecule has 1 unspecified atom stereocenters. The molecular weight excluding hydrogens is 604 g/mol. The maximum Gasteiger partial charge on any atom is 0.338 e. The minimum atomic E-state index is -0.824. The predicted molar refractivity (Wildman–Crippen MR) is 168 cm³/mol. The molecule has 0 saturated carbocycles. The van der Waals surface area contributed by atoms with E-state index in [2.05, 4.69) is 20.1 Å². The number of anilines is 1. The minimum Gasteiger partial charge on any atom is -0.481 e. The van der Waals surface area contributed by atoms with Gasteiger partial charge < -0.3 is 25.2 Å². The van der Waals surface area contributed by atoms with Crippen molar-refractivity contribution in [3.05, 3.63) is 92.5 Å². The summed E-state index contributed by atoms with van der Waals surface area (Å²) in [4.78, 5) is 39.9. The number of aliphatic hydroxyl groups excluding tert-OH is 1. The van der Waals surface area contributed by atoms with Gasteiger partial charge in [0.05, 0.1) is 12.7 Å². The van der Waals surface area contributed by atoms with Gasteiger partial charge in [0.25, 0.3) is 0 Å². The molecule has 11 nitrogen and oxygen atoms in total. The largest absolute Gasteiger partial charge is 0.481 e. The second kappa shape index (κ2) is 13.0. The van der Waals surface area contributed by atoms with Crippen molar-refractivity contribution in [2.24, 2.45) is 4.99 Å². The van der Waals surface area contributed by atoms with Crippen LogP contribution in [0.15, 0.2) is 76.4 Å². The van der Waals surface area contributed by atoms with Crippen LogP contribution in [0.5, 0.6) is 0 Å². The van der Waals surface area contributed by atoms with Crippen LogP contribution in [0.2, 0.25) is 5.02 Å². The maximum atomic E-state index is 13.3. The fourth-order valence-corrected chi connectivity index (χ4v) is 6.73. The number of aromatic nitrogens is 1. The number of hydrogen-bond donors (Lipinski definition) is 3. The highest BCUT2D eigenvalue weighted by Crippen LogP contribution is 2.34. The monoisotopic (exact) mass is 636 g/mol. The van der Waals surface area contributed by atoms with Gasteiger partial charge in [0.2, 0.25) is 0 Å². The van der Waals surface area contributed by atoms with E-state index in [1.807, 2.05) is 46.7 Å². The first kappa shape index (κ1) is 30.2. The number of nitrogens with zero attached hydrogens (tertiary/aromatic N) is 5. The van der Waals surface area contributed by atoms with Crippen LogP contribution in [0.4, 0.5) is 5.69 Å². The van der Waals surface area contributed by atoms with E-state index >= 15 is 0 Å². The number of carbonyl (C=O) groups is 2. The first-order valence-corrected chi connectivity index (χ1v) is 15.6. The fraction of sp³-hybridized carbons (Fsp3) is 0.355. The zero-order valence-electron chi connectivity index (χ0n) is 24.1. The molecule has 0 bridgehead atoms. The van der Waals surface area contributed by atoms with Gasteiger partial charge in [0.1, 0.15) is 6.04 Å². The molecule has 2 fully saturated rings. The SMILES string of the molecule is COC(=O)C1=C(CN2CCN3C(O)N(c4ccc(CCC(=O)O)cc4)C[C@@H]3C2)NC(c2nccs2)=N[C@H]1c1ccc(Cl)cc1. The Kier molecular flexibility index (Phi) is 8.96. The first-order chi connectivity index (χ1) is 21.3. The van der Waals surface area contributed by atoms with Crippen molar-refractivity contribution in [3.8, 4) is 0 Å². The van der Waals surface area contributed by atoms with Gasteiger partial charge in [-0.3, -0.25) is 19.6 Å². The fourth-order valence-electron chi connectivity index (χ4n) is 6.02. The van der Waals surface area contributed by atoms with E-state index in [4.69, 9.17) is 26.4 Å². The topological polar surface area (TPSA) is 131 Å². The molecule has 6 rings (SSSR count). The lowest BCUT2D eigenvalue weighted by Gasteiger charge is -2.39. The second-order valence-corrected chi connectivity index (χ2v) is 12.3. The molecule has 1 aromatic heterocycles. The van der Waals surface area contributed by atoms with E-state index in [0.29, 0.717) is 61.3 Å². The highest BCUT2D eigenvalue weighted by Gasteiger charge is 2.42. The van der Waals surface area contributed by atoms with Crippen LogP contribution in [0.25, 0.3) is 0 Å². The predicted octanol–water partition coefficient (Wildman–Crippen LogP) is 3.11. The number of halogens is 1. The van der Waals surface area contributed by atoms with Gasteiger partial charge in [-0.15, -0.1) is 11.3 Å². The number of benzene rings is 2. The van der Waals surface area contributed by atoms with Crippen molar-refractivity contribution in [2.75, 3.05) is 44.7 Å². The number of ether oxygens (including phenoxy) is 1. The van der Waals surface area contributed by atoms with Gasteiger partial charge in [0, 0.05) is 73.2 Å². The third-order valence-corrected chi connectivity index (χ3v) is 9.26. The summed E-state index contributed by atoms with van der Waals surface area (Å²) in [7, 11) is 1.37. The number of carboxylic acid groups (broad SMARTS) is 1. The van der Waals surface area contributed by atoms with Crippen LogP contribution in [0.3, 0.4) is 0 Å². The van der Waals surface area contributed by atoms with E-state index < -0.39 is 24.3 Å². The lowest BCUT2D eigenvalue weighted by atomic mass is 9.95. The number of rotatable bonds is 9. The number of aliphatic imine (C=N–C) groups is 1. The quantitative estimate of drug-likeness (QED) is 0.301. The molecule has 3 atom stereocenters. The Bertz CT molecular complexity index is 1560. The zero-order chi connectivity index (χ0) is 30.8. The molecule has 4 heterocycles. The molecule has 0 aliphatic carbocycles. The molecule has 230 valence electrons. The number of nitrogens with one attached hydrogen (secondary N) is 1. The van der Waals surface area contributed by atoms with Gasteiger partial charge in [-0.2, -0.15) is 0 Å². The van der Waals surface area contributed by atoms with Crippen molar-refractivity contribution in [3.63, 3.8) is 0 Å². The summed E-state index contributed by atoms with van der Waals surface area (Å²) < 4.78 is 5.25. The van der Waals surface area contributed by atoms with Gasteiger partial charge in [-0.25, -0.2) is 9.78 Å². The number of methoxy groups -OCH3 is 1. The third kappa shape index (κ3) is 6.35. The second-order valence-electron chi connectivity index (χ2n) is 11.0. The molecule has 3 aliphatic heterocycles. The van der Waals surface area contributed by atoms with Crippen LogP contribution >= 0.6 is 22.9 Å². The van der Waals surface area contributed by atoms with Crippen LogP contribution in [0.1, 0.15) is 28.6 Å². The van der Waals surface area contributed by atoms with Gasteiger partial charge in [-0.05, 0) is 41.8 Å². The molecule has 0 spiro atoms. The van der Waals surface area contributed by atoms with Crippen LogP contribution in [-0.2, 0) is 20.7 Å². The highest BCUT2D eigenvalue weighted by atomic mass is 35.5. The number of aliphatic carboxylic acids is 1. The summed E-state index contributed by atoms with van der Waals surface area (Å²) in [5.41, 5.74) is 3.79. The molecule has 0 radical (unpaired) electrons. The van der Waals surface area contributed by atoms with E-state index in [-0.39, 0.29) is 12.5 Å². The first-order valence-electron chi connectivity index (χ1n) is 14.4. The molecule has 3 N–H and O–H groups in total. The third-order valence-electron chi connectivity index (χ3n) is 8.22. The van der Waals surface area contributed by atoms with E-state index in [0.717, 1.165) is 21.8 Å². The summed E-state index contributed by atoms with van der Waals surface area (Å²) in [6.07, 6.45) is 1.51. The number of fused-ring (bicyclic) bond motifs is 1. The van der Waals surface area contributed by atoms with Crippen molar-refractivity contribution in [1.82, 2.24) is 20.1 Å². The Labute approximate surface area is 264 Å². The summed E-state index contributed by atoms with van der Waals surface area (Å²) >= 11 is 7.63. The average molecular weight is 637 g/mol. The number of hydrogen-bond acceptors (Lipinski definition) is 11. The summed E-state index contributed by atoms with van der Waals surface area (Å²) in [6.45, 7) is 3.09. The number of carboxylic acids is 1. The number of aliphatic hydroxyl groups is 1. The summed E-state index contributed by atoms with van der Waals surface area (Å²) in [5, 5.41) is 26.8. The molecule has 3 aliphatic rings. The Hall–Kier alpha value is -3.81. The standard InChI is InChI=1S/C31H33ClN6O5S/c1-43-30(41)26-24(34-28(29-33-12-15-44-29)35-27(26)20-5-7-21(32)8-6-20)18-36-13-14-37-23(16-36)17-38(31(37)42)22-9-2-19(3-10-22)4-11-25(39)40/h2-3,5-10,12,15,23,27,31,42H,4,11,13-14,16-18H2,1H3,(H,34,35)(H,39,40)/t23-,27-,31?/m0/s1. The Morgan fingerprint density at radius 1 is 1.11 bits per heavy atom. The Balaban J connectivity index is 1.22. The summed E-state index contributed by atoms with van der Waals surface area (Å²) in [5.74, 6) is -0.687. The molecule has 3 aromatic rings. The van der Waals surface area contributed by atoms with Gasteiger partial charge >= 0.3 is 11.9 Å². The Morgan fingerprint density at radius 2 is 1.89 bits per heavy atom. The number of piperazine rings is 1. The molecule has 44 heavy (non-hydrogen) atoms. The zero-order valence-corrected chi connectivity index (χ0v) is 25.7. The molecule has 0 amide bonds. The summed E-state index contributed by atoms with van der Waals surface area (Å²) in [6, 6.07) is 14.5. The van der Waals surface area contributed by atoms with Crippen molar-refractivity contribution in [1.29, 1.82) is 0 Å². The molecule has 2 saturated heterocycles. The van der Waals surface area contributed by atoms with Crippen molar-refractivity contribution in [2.45, 2.75) is 31.3 Å². The Morgan fingerprint density at radius 3 is 2.57 bits per heavy atom. The smallest absolute Gasteiger partial charge is 0.338 e. The normalized spacial score (nSPS) is 22.4. The average Bonchev–Trinajstić information content (AvgIpc) is 3.68. The van der Waals surface area contributed by atoms with Gasteiger partial charge in [-0.1, -0.05) is 35.9 Å². The number of carbonyl (C=O) groups excluding carboxylic acids is 1. The molecule has 13 heteroatoms. The number of thiazole rings is 1.